The predicted molar refractivity (Wildman–Crippen MR) is 147 cm³/mol. The summed E-state index contributed by atoms with van der Waals surface area (Å²) in [7, 11) is 0. The van der Waals surface area contributed by atoms with Gasteiger partial charge in [0.1, 0.15) is 31.4 Å². The molecule has 40 heavy (non-hydrogen) atoms. The number of aliphatic carboxylic acids is 2. The van der Waals surface area contributed by atoms with Crippen molar-refractivity contribution in [3.05, 3.63) is 106 Å². The summed E-state index contributed by atoms with van der Waals surface area (Å²) in [5.74, 6) is -4.33. The number of alkyl carbamates (subject to hydrolysis) is 1. The Morgan fingerprint density at radius 1 is 0.800 bits per heavy atom. The van der Waals surface area contributed by atoms with E-state index in [9.17, 15) is 29.1 Å². The lowest BCUT2D eigenvalue weighted by Crippen LogP contribution is -2.46. The summed E-state index contributed by atoms with van der Waals surface area (Å²) in [4.78, 5) is 56.0. The molecule has 2 atom stereocenters. The number of carbonyl (C=O) groups excluding carboxylic acids is 3. The SMILES string of the molecule is O=C(CNC(=O)OCc1ccccc1)N[C@@H](Cc1ccccc1)C(=O)O.O=CC(C(=O)O)c1c(Cl)cccc1Cl. The van der Waals surface area contributed by atoms with E-state index in [0.717, 1.165) is 11.1 Å². The number of amides is 2. The van der Waals surface area contributed by atoms with Gasteiger partial charge in [-0.25, -0.2) is 9.59 Å². The zero-order chi connectivity index (χ0) is 29.5. The highest BCUT2D eigenvalue weighted by molar-refractivity contribution is 6.36. The third kappa shape index (κ3) is 10.8. The zero-order valence-electron chi connectivity index (χ0n) is 21.0. The summed E-state index contributed by atoms with van der Waals surface area (Å²) in [6.07, 6.45) is -0.297. The first kappa shape index (κ1) is 31.8. The molecule has 12 heteroatoms. The average molecular weight is 589 g/mol. The van der Waals surface area contributed by atoms with Crippen LogP contribution in [0.4, 0.5) is 4.79 Å². The number of benzene rings is 3. The van der Waals surface area contributed by atoms with Crippen molar-refractivity contribution >= 4 is 53.4 Å². The maximum Gasteiger partial charge on any atom is 0.407 e. The second-order valence-corrected chi connectivity index (χ2v) is 8.97. The Labute approximate surface area is 239 Å². The van der Waals surface area contributed by atoms with Crippen molar-refractivity contribution in [3.63, 3.8) is 0 Å². The van der Waals surface area contributed by atoms with Gasteiger partial charge in [-0.15, -0.1) is 0 Å². The summed E-state index contributed by atoms with van der Waals surface area (Å²) in [6, 6.07) is 21.6. The number of carboxylic acids is 2. The van der Waals surface area contributed by atoms with E-state index in [1.807, 2.05) is 24.3 Å². The van der Waals surface area contributed by atoms with Gasteiger partial charge in [-0.1, -0.05) is 89.9 Å². The molecule has 4 N–H and O–H groups in total. The first-order valence-electron chi connectivity index (χ1n) is 11.7. The van der Waals surface area contributed by atoms with Crippen molar-refractivity contribution in [2.24, 2.45) is 0 Å². The fourth-order valence-corrected chi connectivity index (χ4v) is 3.91. The lowest BCUT2D eigenvalue weighted by atomic mass is 10.0. The Bertz CT molecular complexity index is 1290. The number of halogens is 2. The molecule has 0 heterocycles. The lowest BCUT2D eigenvalue weighted by Gasteiger charge is -2.15. The van der Waals surface area contributed by atoms with Gasteiger partial charge in [-0.2, -0.15) is 0 Å². The summed E-state index contributed by atoms with van der Waals surface area (Å²) in [5.41, 5.74) is 1.75. The van der Waals surface area contributed by atoms with Gasteiger partial charge in [-0.3, -0.25) is 9.59 Å². The van der Waals surface area contributed by atoms with Crippen LogP contribution in [0.3, 0.4) is 0 Å². The Morgan fingerprint density at radius 3 is 1.85 bits per heavy atom. The van der Waals surface area contributed by atoms with Gasteiger partial charge in [0.05, 0.1) is 0 Å². The molecule has 0 saturated carbocycles. The Balaban J connectivity index is 0.000000337. The van der Waals surface area contributed by atoms with Crippen molar-refractivity contribution < 1.29 is 38.9 Å². The van der Waals surface area contributed by atoms with Crippen LogP contribution in [0.15, 0.2) is 78.9 Å². The maximum atomic E-state index is 11.9. The minimum atomic E-state index is -1.31. The number of nitrogens with one attached hydrogen (secondary N) is 2. The minimum Gasteiger partial charge on any atom is -0.480 e. The van der Waals surface area contributed by atoms with Crippen molar-refractivity contribution in [2.75, 3.05) is 6.54 Å². The number of aldehydes is 1. The van der Waals surface area contributed by atoms with Gasteiger partial charge in [0.15, 0.2) is 0 Å². The smallest absolute Gasteiger partial charge is 0.407 e. The predicted octanol–water partition coefficient (Wildman–Crippen LogP) is 4.09. The summed E-state index contributed by atoms with van der Waals surface area (Å²) >= 11 is 11.5. The largest absolute Gasteiger partial charge is 0.480 e. The Kier molecular flexibility index (Phi) is 13.1. The molecule has 0 spiro atoms. The van der Waals surface area contributed by atoms with Gasteiger partial charge in [0.2, 0.25) is 5.91 Å². The van der Waals surface area contributed by atoms with Crippen LogP contribution in [-0.2, 0) is 36.9 Å². The Hall–Kier alpha value is -4.41. The molecule has 210 valence electrons. The zero-order valence-corrected chi connectivity index (χ0v) is 22.5. The van der Waals surface area contributed by atoms with E-state index in [-0.39, 0.29) is 35.2 Å². The number of carboxylic acid groups (broad SMARTS) is 2. The van der Waals surface area contributed by atoms with Crippen LogP contribution in [0.1, 0.15) is 22.6 Å². The van der Waals surface area contributed by atoms with E-state index in [1.54, 1.807) is 42.5 Å². The highest BCUT2D eigenvalue weighted by Crippen LogP contribution is 2.30. The van der Waals surface area contributed by atoms with E-state index in [2.05, 4.69) is 10.6 Å². The number of carbonyl (C=O) groups is 5. The molecular formula is C28H26Cl2N2O8. The van der Waals surface area contributed by atoms with Gasteiger partial charge in [-0.05, 0) is 23.3 Å². The van der Waals surface area contributed by atoms with Crippen molar-refractivity contribution in [2.45, 2.75) is 25.0 Å². The summed E-state index contributed by atoms with van der Waals surface area (Å²) < 4.78 is 4.98. The molecule has 3 aromatic rings. The Morgan fingerprint density at radius 2 is 1.35 bits per heavy atom. The van der Waals surface area contributed by atoms with Crippen LogP contribution >= 0.6 is 23.2 Å². The fourth-order valence-electron chi connectivity index (χ4n) is 3.28. The van der Waals surface area contributed by atoms with Crippen LogP contribution in [-0.4, -0.2) is 53.0 Å². The maximum absolute atomic E-state index is 11.9. The van der Waals surface area contributed by atoms with Crippen molar-refractivity contribution in [1.82, 2.24) is 10.6 Å². The third-order valence-corrected chi connectivity index (χ3v) is 5.89. The van der Waals surface area contributed by atoms with Crippen LogP contribution in [0.2, 0.25) is 10.0 Å². The highest BCUT2D eigenvalue weighted by atomic mass is 35.5. The van der Waals surface area contributed by atoms with E-state index >= 15 is 0 Å². The third-order valence-electron chi connectivity index (χ3n) is 5.23. The van der Waals surface area contributed by atoms with Crippen molar-refractivity contribution in [3.8, 4) is 0 Å². The monoisotopic (exact) mass is 588 g/mol. The topological polar surface area (TPSA) is 159 Å². The lowest BCUT2D eigenvalue weighted by molar-refractivity contribution is -0.142. The van der Waals surface area contributed by atoms with Crippen molar-refractivity contribution in [1.29, 1.82) is 0 Å². The van der Waals surface area contributed by atoms with E-state index in [1.165, 1.54) is 12.1 Å². The second kappa shape index (κ2) is 16.5. The molecule has 10 nitrogen and oxygen atoms in total. The van der Waals surface area contributed by atoms with Crippen LogP contribution in [0.5, 0.6) is 0 Å². The molecule has 3 rings (SSSR count). The number of hydrogen-bond donors (Lipinski definition) is 4. The fraction of sp³-hybridized carbons (Fsp3) is 0.179. The molecule has 0 aliphatic rings. The molecule has 0 bridgehead atoms. The highest BCUT2D eigenvalue weighted by Gasteiger charge is 2.24. The average Bonchev–Trinajstić information content (AvgIpc) is 2.93. The standard InChI is InChI=1S/C19H20N2O5.C9H6Cl2O3/c22-17(12-20-19(25)26-13-15-9-5-2-6-10-15)21-16(18(23)24)11-14-7-3-1-4-8-14;10-6-2-1-3-7(11)8(6)5(4-12)9(13)14/h1-10,16H,11-13H2,(H,20,25)(H,21,22)(H,23,24);1-5H,(H,13,14)/t16-;/m0./s1. The van der Waals surface area contributed by atoms with Gasteiger partial charge in [0, 0.05) is 22.0 Å². The molecule has 0 saturated heterocycles. The minimum absolute atomic E-state index is 0.0834. The van der Waals surface area contributed by atoms with E-state index < -0.39 is 35.9 Å². The number of ether oxygens (including phenoxy) is 1. The van der Waals surface area contributed by atoms with Gasteiger partial charge >= 0.3 is 18.0 Å². The number of hydrogen-bond acceptors (Lipinski definition) is 6. The molecule has 0 aliphatic heterocycles. The van der Waals surface area contributed by atoms with E-state index in [0.29, 0.717) is 6.29 Å². The molecular weight excluding hydrogens is 563 g/mol. The second-order valence-electron chi connectivity index (χ2n) is 8.15. The first-order valence-corrected chi connectivity index (χ1v) is 12.5. The van der Waals surface area contributed by atoms with Gasteiger partial charge < -0.3 is 30.4 Å². The first-order chi connectivity index (χ1) is 19.1. The number of rotatable bonds is 11. The molecule has 1 unspecified atom stereocenters. The molecule has 2 amide bonds. The normalized spacial score (nSPS) is 11.6. The van der Waals surface area contributed by atoms with Gasteiger partial charge in [0.25, 0.3) is 0 Å². The molecule has 3 aromatic carbocycles. The quantitative estimate of drug-likeness (QED) is 0.192. The summed E-state index contributed by atoms with van der Waals surface area (Å²) in [5, 5.41) is 23.0. The summed E-state index contributed by atoms with van der Waals surface area (Å²) in [6.45, 7) is -0.285. The molecule has 0 radical (unpaired) electrons. The molecule has 0 aromatic heterocycles. The molecule has 0 fully saturated rings. The molecule has 0 aliphatic carbocycles. The van der Waals surface area contributed by atoms with Crippen LogP contribution in [0.25, 0.3) is 0 Å². The van der Waals surface area contributed by atoms with E-state index in [4.69, 9.17) is 33.0 Å². The van der Waals surface area contributed by atoms with Crippen LogP contribution < -0.4 is 10.6 Å². The van der Waals surface area contributed by atoms with Crippen LogP contribution in [0, 0.1) is 0 Å².